The fraction of sp³-hybridized carbons (Fsp3) is 0.286. The first-order valence-corrected chi connectivity index (χ1v) is 6.31. The van der Waals surface area contributed by atoms with E-state index in [1.807, 2.05) is 13.8 Å². The second kappa shape index (κ2) is 5.64. The lowest BCUT2D eigenvalue weighted by molar-refractivity contribution is 0.0997. The maximum atomic E-state index is 12.1. The van der Waals surface area contributed by atoms with E-state index in [0.29, 0.717) is 12.2 Å². The molecule has 0 spiro atoms. The van der Waals surface area contributed by atoms with Crippen LogP contribution in [0.5, 0.6) is 0 Å². The maximum Gasteiger partial charge on any atom is 0.279 e. The van der Waals surface area contributed by atoms with Gasteiger partial charge in [-0.15, -0.1) is 0 Å². The van der Waals surface area contributed by atoms with Gasteiger partial charge < -0.3 is 5.73 Å². The molecular formula is C14H16N4O2. The average molecular weight is 272 g/mol. The Morgan fingerprint density at radius 1 is 1.35 bits per heavy atom. The van der Waals surface area contributed by atoms with Crippen LogP contribution in [0, 0.1) is 5.92 Å². The minimum Gasteiger partial charge on any atom is -0.365 e. The van der Waals surface area contributed by atoms with Crippen molar-refractivity contribution in [3.63, 3.8) is 0 Å². The van der Waals surface area contributed by atoms with Crippen LogP contribution >= 0.6 is 0 Å². The molecule has 2 N–H and O–H groups in total. The van der Waals surface area contributed by atoms with Crippen LogP contribution in [0.4, 0.5) is 0 Å². The van der Waals surface area contributed by atoms with E-state index in [0.717, 1.165) is 5.56 Å². The van der Waals surface area contributed by atoms with Crippen molar-refractivity contribution in [1.82, 2.24) is 14.8 Å². The first-order chi connectivity index (χ1) is 9.49. The molecule has 104 valence electrons. The highest BCUT2D eigenvalue weighted by molar-refractivity contribution is 5.93. The molecule has 0 saturated carbocycles. The standard InChI is InChI=1S/C14H16N4O2/c1-9(2)8-18-14(20)11(13(15)19)7-12(17-18)10-3-5-16-6-4-10/h3-7,9H,8H2,1-2H3,(H2,15,19). The summed E-state index contributed by atoms with van der Waals surface area (Å²) in [6, 6.07) is 4.95. The number of carbonyl (C=O) groups excluding carboxylic acids is 1. The summed E-state index contributed by atoms with van der Waals surface area (Å²) >= 11 is 0. The van der Waals surface area contributed by atoms with Crippen LogP contribution < -0.4 is 11.3 Å². The Kier molecular flexibility index (Phi) is 3.93. The highest BCUT2D eigenvalue weighted by Gasteiger charge is 2.14. The van der Waals surface area contributed by atoms with Gasteiger partial charge in [-0.05, 0) is 24.1 Å². The molecule has 20 heavy (non-hydrogen) atoms. The number of primary amides is 1. The maximum absolute atomic E-state index is 12.1. The van der Waals surface area contributed by atoms with Crippen molar-refractivity contribution >= 4 is 5.91 Å². The van der Waals surface area contributed by atoms with Crippen LogP contribution in [-0.4, -0.2) is 20.7 Å². The second-order valence-corrected chi connectivity index (χ2v) is 4.92. The van der Waals surface area contributed by atoms with Crippen LogP contribution in [0.15, 0.2) is 35.4 Å². The van der Waals surface area contributed by atoms with Crippen LogP contribution in [0.2, 0.25) is 0 Å². The first-order valence-electron chi connectivity index (χ1n) is 6.31. The van der Waals surface area contributed by atoms with E-state index in [2.05, 4.69) is 10.1 Å². The third kappa shape index (κ3) is 2.90. The summed E-state index contributed by atoms with van der Waals surface area (Å²) in [5.41, 5.74) is 6.07. The van der Waals surface area contributed by atoms with Gasteiger partial charge in [0, 0.05) is 24.5 Å². The van der Waals surface area contributed by atoms with Crippen molar-refractivity contribution in [2.75, 3.05) is 0 Å². The molecule has 6 nitrogen and oxygen atoms in total. The molecule has 0 aromatic carbocycles. The molecular weight excluding hydrogens is 256 g/mol. The SMILES string of the molecule is CC(C)Cn1nc(-c2ccncc2)cc(C(N)=O)c1=O. The van der Waals surface area contributed by atoms with E-state index in [4.69, 9.17) is 5.73 Å². The lowest BCUT2D eigenvalue weighted by atomic mass is 10.1. The van der Waals surface area contributed by atoms with Crippen molar-refractivity contribution in [3.05, 3.63) is 46.5 Å². The molecule has 2 aromatic rings. The van der Waals surface area contributed by atoms with E-state index >= 15 is 0 Å². The number of hydrogen-bond donors (Lipinski definition) is 1. The summed E-state index contributed by atoms with van der Waals surface area (Å²) in [4.78, 5) is 27.5. The molecule has 2 rings (SSSR count). The zero-order chi connectivity index (χ0) is 14.7. The van der Waals surface area contributed by atoms with Gasteiger partial charge in [-0.1, -0.05) is 13.8 Å². The molecule has 0 bridgehead atoms. The fourth-order valence-electron chi connectivity index (χ4n) is 1.85. The molecule has 0 saturated heterocycles. The minimum absolute atomic E-state index is 0.0486. The van der Waals surface area contributed by atoms with E-state index in [-0.39, 0.29) is 11.5 Å². The molecule has 2 aromatic heterocycles. The van der Waals surface area contributed by atoms with Crippen molar-refractivity contribution in [2.24, 2.45) is 11.7 Å². The Hall–Kier alpha value is -2.50. The number of carbonyl (C=O) groups is 1. The molecule has 0 aliphatic carbocycles. The van der Waals surface area contributed by atoms with Crippen molar-refractivity contribution in [1.29, 1.82) is 0 Å². The number of rotatable bonds is 4. The van der Waals surface area contributed by atoms with Gasteiger partial charge in [0.25, 0.3) is 11.5 Å². The lowest BCUT2D eigenvalue weighted by Gasteiger charge is -2.11. The number of amides is 1. The van der Waals surface area contributed by atoms with Crippen LogP contribution in [0.3, 0.4) is 0 Å². The molecule has 0 radical (unpaired) electrons. The van der Waals surface area contributed by atoms with Gasteiger partial charge in [0.1, 0.15) is 5.56 Å². The second-order valence-electron chi connectivity index (χ2n) is 4.92. The third-order valence-electron chi connectivity index (χ3n) is 2.75. The van der Waals surface area contributed by atoms with Crippen molar-refractivity contribution in [3.8, 4) is 11.3 Å². The zero-order valence-electron chi connectivity index (χ0n) is 11.4. The lowest BCUT2D eigenvalue weighted by Crippen LogP contribution is -2.32. The highest BCUT2D eigenvalue weighted by atomic mass is 16.2. The van der Waals surface area contributed by atoms with E-state index in [1.54, 1.807) is 24.5 Å². The molecule has 0 fully saturated rings. The molecule has 6 heteroatoms. The number of nitrogens with zero attached hydrogens (tertiary/aromatic N) is 3. The first kappa shape index (κ1) is 13.9. The van der Waals surface area contributed by atoms with Crippen molar-refractivity contribution in [2.45, 2.75) is 20.4 Å². The van der Waals surface area contributed by atoms with Crippen LogP contribution in [0.1, 0.15) is 24.2 Å². The van der Waals surface area contributed by atoms with Gasteiger partial charge in [0.05, 0.1) is 5.69 Å². The monoisotopic (exact) mass is 272 g/mol. The van der Waals surface area contributed by atoms with Gasteiger partial charge in [0.15, 0.2) is 0 Å². The summed E-state index contributed by atoms with van der Waals surface area (Å²) in [6.07, 6.45) is 3.25. The molecule has 1 amide bonds. The quantitative estimate of drug-likeness (QED) is 0.901. The highest BCUT2D eigenvalue weighted by Crippen LogP contribution is 2.15. The molecule has 2 heterocycles. The molecule has 0 unspecified atom stereocenters. The third-order valence-corrected chi connectivity index (χ3v) is 2.75. The Morgan fingerprint density at radius 2 is 2.00 bits per heavy atom. The summed E-state index contributed by atoms with van der Waals surface area (Å²) in [6.45, 7) is 4.37. The fourth-order valence-corrected chi connectivity index (χ4v) is 1.85. The van der Waals surface area contributed by atoms with Gasteiger partial charge in [-0.2, -0.15) is 5.10 Å². The summed E-state index contributed by atoms with van der Waals surface area (Å²) in [7, 11) is 0. The smallest absolute Gasteiger partial charge is 0.279 e. The predicted molar refractivity (Wildman–Crippen MR) is 75.1 cm³/mol. The summed E-state index contributed by atoms with van der Waals surface area (Å²) < 4.78 is 1.29. The number of pyridine rings is 1. The Bertz CT molecular complexity index is 677. The van der Waals surface area contributed by atoms with Gasteiger partial charge in [-0.3, -0.25) is 14.6 Å². The van der Waals surface area contributed by atoms with E-state index < -0.39 is 11.5 Å². The molecule has 0 atom stereocenters. The largest absolute Gasteiger partial charge is 0.365 e. The Balaban J connectivity index is 2.62. The average Bonchev–Trinajstić information content (AvgIpc) is 2.41. The van der Waals surface area contributed by atoms with Crippen LogP contribution in [0.25, 0.3) is 11.3 Å². The van der Waals surface area contributed by atoms with Crippen molar-refractivity contribution < 1.29 is 4.79 Å². The summed E-state index contributed by atoms with van der Waals surface area (Å²) in [5, 5.41) is 4.29. The number of aromatic nitrogens is 3. The van der Waals surface area contributed by atoms with E-state index in [9.17, 15) is 9.59 Å². The molecule has 0 aliphatic rings. The van der Waals surface area contributed by atoms with Gasteiger partial charge in [0.2, 0.25) is 0 Å². The van der Waals surface area contributed by atoms with E-state index in [1.165, 1.54) is 10.7 Å². The predicted octanol–water partition coefficient (Wildman–Crippen LogP) is 1.06. The van der Waals surface area contributed by atoms with Gasteiger partial charge in [-0.25, -0.2) is 4.68 Å². The molecule has 0 aliphatic heterocycles. The Morgan fingerprint density at radius 3 is 2.55 bits per heavy atom. The topological polar surface area (TPSA) is 90.9 Å². The normalized spacial score (nSPS) is 10.8. The zero-order valence-corrected chi connectivity index (χ0v) is 11.4. The summed E-state index contributed by atoms with van der Waals surface area (Å²) in [5.74, 6) is -0.515. The number of hydrogen-bond acceptors (Lipinski definition) is 4. The Labute approximate surface area is 116 Å². The van der Waals surface area contributed by atoms with Gasteiger partial charge >= 0.3 is 0 Å². The number of nitrogens with two attached hydrogens (primary N) is 1. The minimum atomic E-state index is -0.745. The van der Waals surface area contributed by atoms with Crippen LogP contribution in [-0.2, 0) is 6.54 Å².